The summed E-state index contributed by atoms with van der Waals surface area (Å²) in [6.45, 7) is 0.0319. The van der Waals surface area contributed by atoms with E-state index in [-0.39, 0.29) is 12.5 Å². The first-order valence-corrected chi connectivity index (χ1v) is 7.41. The zero-order valence-corrected chi connectivity index (χ0v) is 13.6. The lowest BCUT2D eigenvalue weighted by Crippen LogP contribution is -2.22. The number of rotatable bonds is 4. The molecule has 2 aromatic carbocycles. The van der Waals surface area contributed by atoms with Crippen molar-refractivity contribution in [3.05, 3.63) is 56.5 Å². The van der Waals surface area contributed by atoms with Crippen molar-refractivity contribution >= 4 is 63.7 Å². The first kappa shape index (κ1) is 16.2. The standard InChI is InChI=1S/C14H10Cl4N2O/c15-8-2-4-12(11(18)5-8)19-7-14(21)20-13-6-9(16)1-3-10(13)17/h1-6,19H,7H2,(H,20,21). The maximum absolute atomic E-state index is 11.9. The van der Waals surface area contributed by atoms with Crippen LogP contribution in [0, 0.1) is 0 Å². The maximum Gasteiger partial charge on any atom is 0.243 e. The van der Waals surface area contributed by atoms with E-state index in [2.05, 4.69) is 10.6 Å². The zero-order chi connectivity index (χ0) is 15.4. The maximum atomic E-state index is 11.9. The van der Waals surface area contributed by atoms with Crippen LogP contribution in [0.3, 0.4) is 0 Å². The summed E-state index contributed by atoms with van der Waals surface area (Å²) >= 11 is 23.6. The highest BCUT2D eigenvalue weighted by Crippen LogP contribution is 2.26. The monoisotopic (exact) mass is 362 g/mol. The Morgan fingerprint density at radius 1 is 0.857 bits per heavy atom. The van der Waals surface area contributed by atoms with Crippen LogP contribution >= 0.6 is 46.4 Å². The molecule has 0 spiro atoms. The van der Waals surface area contributed by atoms with E-state index in [1.807, 2.05) is 0 Å². The summed E-state index contributed by atoms with van der Waals surface area (Å²) in [5, 5.41) is 7.45. The van der Waals surface area contributed by atoms with Gasteiger partial charge < -0.3 is 10.6 Å². The third-order valence-electron chi connectivity index (χ3n) is 2.57. The molecule has 2 N–H and O–H groups in total. The molecule has 21 heavy (non-hydrogen) atoms. The van der Waals surface area contributed by atoms with E-state index in [1.165, 1.54) is 0 Å². The van der Waals surface area contributed by atoms with E-state index in [9.17, 15) is 4.79 Å². The van der Waals surface area contributed by atoms with Crippen molar-refractivity contribution < 1.29 is 4.79 Å². The number of benzene rings is 2. The van der Waals surface area contributed by atoms with Crippen LogP contribution in [0.1, 0.15) is 0 Å². The van der Waals surface area contributed by atoms with E-state index in [1.54, 1.807) is 36.4 Å². The van der Waals surface area contributed by atoms with Crippen LogP contribution in [-0.4, -0.2) is 12.5 Å². The predicted octanol–water partition coefficient (Wildman–Crippen LogP) is 5.35. The van der Waals surface area contributed by atoms with Gasteiger partial charge in [-0.2, -0.15) is 0 Å². The molecule has 0 radical (unpaired) electrons. The van der Waals surface area contributed by atoms with Crippen molar-refractivity contribution in [1.82, 2.24) is 0 Å². The summed E-state index contributed by atoms with van der Waals surface area (Å²) in [6.07, 6.45) is 0. The molecular formula is C14H10Cl4N2O. The summed E-state index contributed by atoms with van der Waals surface area (Å²) in [4.78, 5) is 11.9. The molecule has 0 saturated carbocycles. The van der Waals surface area contributed by atoms with E-state index in [0.717, 1.165) is 0 Å². The van der Waals surface area contributed by atoms with E-state index >= 15 is 0 Å². The van der Waals surface area contributed by atoms with Gasteiger partial charge in [0.05, 0.1) is 28.0 Å². The highest BCUT2D eigenvalue weighted by Gasteiger charge is 2.08. The highest BCUT2D eigenvalue weighted by molar-refractivity contribution is 6.36. The molecule has 0 aliphatic heterocycles. The van der Waals surface area contributed by atoms with Crippen molar-refractivity contribution in [1.29, 1.82) is 0 Å². The second kappa shape index (κ2) is 7.23. The number of carbonyl (C=O) groups excluding carboxylic acids is 1. The second-order valence-corrected chi connectivity index (χ2v) is 5.84. The molecule has 0 heterocycles. The number of hydrogen-bond donors (Lipinski definition) is 2. The van der Waals surface area contributed by atoms with Crippen LogP contribution in [0.25, 0.3) is 0 Å². The molecule has 7 heteroatoms. The number of carbonyl (C=O) groups is 1. The quantitative estimate of drug-likeness (QED) is 0.768. The Morgan fingerprint density at radius 3 is 2.24 bits per heavy atom. The molecule has 0 fully saturated rings. The third kappa shape index (κ3) is 4.68. The van der Waals surface area contributed by atoms with Crippen molar-refractivity contribution in [2.75, 3.05) is 17.2 Å². The van der Waals surface area contributed by atoms with Crippen molar-refractivity contribution in [3.63, 3.8) is 0 Å². The van der Waals surface area contributed by atoms with Crippen LogP contribution in [-0.2, 0) is 4.79 Å². The fourth-order valence-corrected chi connectivity index (χ4v) is 2.41. The van der Waals surface area contributed by atoms with E-state index < -0.39 is 0 Å². The topological polar surface area (TPSA) is 41.1 Å². The van der Waals surface area contributed by atoms with Gasteiger partial charge in [-0.1, -0.05) is 46.4 Å². The summed E-state index contributed by atoms with van der Waals surface area (Å²) in [6, 6.07) is 9.81. The molecule has 3 nitrogen and oxygen atoms in total. The third-order valence-corrected chi connectivity index (χ3v) is 3.69. The number of halogens is 4. The van der Waals surface area contributed by atoms with Crippen LogP contribution in [0.5, 0.6) is 0 Å². The van der Waals surface area contributed by atoms with Gasteiger partial charge in [0.2, 0.25) is 5.91 Å². The summed E-state index contributed by atoms with van der Waals surface area (Å²) in [5.41, 5.74) is 1.08. The molecule has 0 bridgehead atoms. The molecule has 0 saturated heterocycles. The van der Waals surface area contributed by atoms with Crippen molar-refractivity contribution in [2.45, 2.75) is 0 Å². The lowest BCUT2D eigenvalue weighted by atomic mass is 10.3. The van der Waals surface area contributed by atoms with Gasteiger partial charge in [0, 0.05) is 10.0 Å². The largest absolute Gasteiger partial charge is 0.375 e. The second-order valence-electron chi connectivity index (χ2n) is 4.15. The normalized spacial score (nSPS) is 10.3. The van der Waals surface area contributed by atoms with Gasteiger partial charge in [-0.15, -0.1) is 0 Å². The zero-order valence-electron chi connectivity index (χ0n) is 10.6. The Balaban J connectivity index is 1.97. The van der Waals surface area contributed by atoms with Gasteiger partial charge in [-0.25, -0.2) is 0 Å². The van der Waals surface area contributed by atoms with Crippen LogP contribution in [0.15, 0.2) is 36.4 Å². The summed E-state index contributed by atoms with van der Waals surface area (Å²) in [7, 11) is 0. The van der Waals surface area contributed by atoms with Crippen molar-refractivity contribution in [3.8, 4) is 0 Å². The first-order valence-electron chi connectivity index (χ1n) is 5.89. The number of nitrogens with one attached hydrogen (secondary N) is 2. The number of hydrogen-bond acceptors (Lipinski definition) is 2. The summed E-state index contributed by atoms with van der Waals surface area (Å²) in [5.74, 6) is -0.273. The number of amides is 1. The minimum atomic E-state index is -0.273. The molecule has 0 aliphatic rings. The van der Waals surface area contributed by atoms with E-state index in [0.29, 0.717) is 31.5 Å². The minimum absolute atomic E-state index is 0.0319. The first-order chi connectivity index (χ1) is 9.95. The average Bonchev–Trinajstić information content (AvgIpc) is 2.42. The predicted molar refractivity (Wildman–Crippen MR) is 90.0 cm³/mol. The van der Waals surface area contributed by atoms with Gasteiger partial charge in [-0.3, -0.25) is 4.79 Å². The smallest absolute Gasteiger partial charge is 0.243 e. The summed E-state index contributed by atoms with van der Waals surface area (Å²) < 4.78 is 0. The fourth-order valence-electron chi connectivity index (χ4n) is 1.60. The number of anilines is 2. The van der Waals surface area contributed by atoms with Gasteiger partial charge in [-0.05, 0) is 36.4 Å². The molecule has 2 aromatic rings. The van der Waals surface area contributed by atoms with Gasteiger partial charge in [0.15, 0.2) is 0 Å². The molecular weight excluding hydrogens is 354 g/mol. The Kier molecular flexibility index (Phi) is 5.59. The van der Waals surface area contributed by atoms with Gasteiger partial charge >= 0.3 is 0 Å². The molecule has 1 amide bonds. The molecule has 0 unspecified atom stereocenters. The molecule has 0 atom stereocenters. The molecule has 0 aromatic heterocycles. The Morgan fingerprint density at radius 2 is 1.52 bits per heavy atom. The Hall–Kier alpha value is -1.13. The van der Waals surface area contributed by atoms with Crippen LogP contribution in [0.4, 0.5) is 11.4 Å². The van der Waals surface area contributed by atoms with Crippen LogP contribution in [0.2, 0.25) is 20.1 Å². The molecule has 2 rings (SSSR count). The molecule has 110 valence electrons. The van der Waals surface area contributed by atoms with Crippen molar-refractivity contribution in [2.24, 2.45) is 0 Å². The SMILES string of the molecule is O=C(CNc1ccc(Cl)cc1Cl)Nc1cc(Cl)ccc1Cl. The highest BCUT2D eigenvalue weighted by atomic mass is 35.5. The van der Waals surface area contributed by atoms with Gasteiger partial charge in [0.1, 0.15) is 0 Å². The minimum Gasteiger partial charge on any atom is -0.375 e. The lowest BCUT2D eigenvalue weighted by Gasteiger charge is -2.10. The Bertz CT molecular complexity index is 676. The Labute approximate surface area is 142 Å². The van der Waals surface area contributed by atoms with Crippen LogP contribution < -0.4 is 10.6 Å². The average molecular weight is 364 g/mol. The lowest BCUT2D eigenvalue weighted by molar-refractivity contribution is -0.114. The fraction of sp³-hybridized carbons (Fsp3) is 0.0714. The molecule has 0 aliphatic carbocycles. The van der Waals surface area contributed by atoms with E-state index in [4.69, 9.17) is 46.4 Å². The van der Waals surface area contributed by atoms with Gasteiger partial charge in [0.25, 0.3) is 0 Å².